The van der Waals surface area contributed by atoms with Crippen molar-refractivity contribution in [2.75, 3.05) is 11.9 Å². The van der Waals surface area contributed by atoms with Crippen LogP contribution in [0.25, 0.3) is 0 Å². The van der Waals surface area contributed by atoms with Gasteiger partial charge in [0.25, 0.3) is 5.91 Å². The molecule has 0 fully saturated rings. The molecule has 24 heavy (non-hydrogen) atoms. The van der Waals surface area contributed by atoms with Crippen LogP contribution in [0.2, 0.25) is 0 Å². The summed E-state index contributed by atoms with van der Waals surface area (Å²) in [4.78, 5) is 19.1. The largest absolute Gasteiger partial charge is 0.354 e. The standard InChI is InChI=1S/C17H21FN4O2/c18-15-8-5-7-13(10-15)6-3-1-2-4-9-19-17-20-11-14(12-21-17)16(23)22-24/h5,7-8,10-12,24H,1-4,6,9H2,(H,22,23)(H,19,20,21). The number of aryl methyl sites for hydroxylation is 1. The number of nitrogens with zero attached hydrogens (tertiary/aromatic N) is 2. The number of rotatable bonds is 9. The second kappa shape index (κ2) is 9.57. The predicted octanol–water partition coefficient (Wildman–Crippen LogP) is 2.95. The number of carbonyl (C=O) groups is 1. The van der Waals surface area contributed by atoms with Crippen molar-refractivity contribution in [2.45, 2.75) is 32.1 Å². The molecular weight excluding hydrogens is 311 g/mol. The van der Waals surface area contributed by atoms with E-state index >= 15 is 0 Å². The first kappa shape index (κ1) is 17.8. The fraction of sp³-hybridized carbons (Fsp3) is 0.353. The zero-order chi connectivity index (χ0) is 17.2. The molecule has 1 heterocycles. The van der Waals surface area contributed by atoms with Gasteiger partial charge in [-0.3, -0.25) is 10.0 Å². The lowest BCUT2D eigenvalue weighted by Gasteiger charge is -2.05. The second-order valence-electron chi connectivity index (χ2n) is 5.46. The molecule has 2 aromatic rings. The number of hydrogen-bond acceptors (Lipinski definition) is 5. The molecule has 1 aromatic heterocycles. The van der Waals surface area contributed by atoms with Gasteiger partial charge in [-0.2, -0.15) is 0 Å². The molecule has 0 unspecified atom stereocenters. The smallest absolute Gasteiger partial charge is 0.277 e. The van der Waals surface area contributed by atoms with E-state index in [4.69, 9.17) is 5.21 Å². The molecule has 1 amide bonds. The summed E-state index contributed by atoms with van der Waals surface area (Å²) in [5.41, 5.74) is 2.76. The van der Waals surface area contributed by atoms with E-state index in [1.165, 1.54) is 23.9 Å². The van der Waals surface area contributed by atoms with E-state index in [1.807, 2.05) is 6.07 Å². The van der Waals surface area contributed by atoms with Gasteiger partial charge in [0.1, 0.15) is 5.82 Å². The van der Waals surface area contributed by atoms with Crippen molar-refractivity contribution in [3.8, 4) is 0 Å². The molecule has 0 spiro atoms. The number of amides is 1. The summed E-state index contributed by atoms with van der Waals surface area (Å²) in [5.74, 6) is -0.372. The van der Waals surface area contributed by atoms with Crippen LogP contribution in [0, 0.1) is 5.82 Å². The monoisotopic (exact) mass is 332 g/mol. The Morgan fingerprint density at radius 2 is 1.88 bits per heavy atom. The lowest BCUT2D eigenvalue weighted by atomic mass is 10.1. The highest BCUT2D eigenvalue weighted by Gasteiger charge is 2.05. The molecule has 0 atom stereocenters. The van der Waals surface area contributed by atoms with Crippen molar-refractivity contribution in [1.82, 2.24) is 15.4 Å². The lowest BCUT2D eigenvalue weighted by Crippen LogP contribution is -2.19. The van der Waals surface area contributed by atoms with Crippen LogP contribution < -0.4 is 10.8 Å². The molecule has 128 valence electrons. The number of halogens is 1. The molecule has 1 aromatic carbocycles. The van der Waals surface area contributed by atoms with Gasteiger partial charge in [-0.1, -0.05) is 25.0 Å². The number of anilines is 1. The molecule has 7 heteroatoms. The highest BCUT2D eigenvalue weighted by Crippen LogP contribution is 2.10. The summed E-state index contributed by atoms with van der Waals surface area (Å²) in [5, 5.41) is 11.6. The van der Waals surface area contributed by atoms with E-state index in [9.17, 15) is 9.18 Å². The Balaban J connectivity index is 1.57. The van der Waals surface area contributed by atoms with Crippen molar-refractivity contribution >= 4 is 11.9 Å². The average Bonchev–Trinajstić information content (AvgIpc) is 2.61. The van der Waals surface area contributed by atoms with Crippen LogP contribution >= 0.6 is 0 Å². The zero-order valence-electron chi connectivity index (χ0n) is 13.3. The van der Waals surface area contributed by atoms with Gasteiger partial charge in [0.2, 0.25) is 5.95 Å². The molecule has 0 radical (unpaired) electrons. The lowest BCUT2D eigenvalue weighted by molar-refractivity contribution is 0.0705. The Morgan fingerprint density at radius 3 is 2.58 bits per heavy atom. The Bertz CT molecular complexity index is 649. The first-order chi connectivity index (χ1) is 11.7. The first-order valence-corrected chi connectivity index (χ1v) is 7.94. The van der Waals surface area contributed by atoms with Crippen molar-refractivity contribution in [1.29, 1.82) is 0 Å². The molecule has 0 saturated heterocycles. The van der Waals surface area contributed by atoms with Crippen LogP contribution in [-0.4, -0.2) is 27.6 Å². The number of nitrogens with one attached hydrogen (secondary N) is 2. The van der Waals surface area contributed by atoms with Gasteiger partial charge in [-0.05, 0) is 37.0 Å². The van der Waals surface area contributed by atoms with E-state index in [1.54, 1.807) is 12.1 Å². The zero-order valence-corrected chi connectivity index (χ0v) is 13.3. The highest BCUT2D eigenvalue weighted by molar-refractivity contribution is 5.92. The van der Waals surface area contributed by atoms with Crippen molar-refractivity contribution in [2.24, 2.45) is 0 Å². The minimum absolute atomic E-state index is 0.181. The van der Waals surface area contributed by atoms with Crippen LogP contribution in [-0.2, 0) is 6.42 Å². The van der Waals surface area contributed by atoms with Crippen LogP contribution in [0.15, 0.2) is 36.7 Å². The second-order valence-corrected chi connectivity index (χ2v) is 5.46. The maximum atomic E-state index is 13.0. The Hall–Kier alpha value is -2.54. The number of benzene rings is 1. The fourth-order valence-corrected chi connectivity index (χ4v) is 2.30. The summed E-state index contributed by atoms with van der Waals surface area (Å²) >= 11 is 0. The summed E-state index contributed by atoms with van der Waals surface area (Å²) in [6, 6.07) is 6.73. The third-order valence-electron chi connectivity index (χ3n) is 3.58. The van der Waals surface area contributed by atoms with Crippen molar-refractivity contribution in [3.05, 3.63) is 53.6 Å². The van der Waals surface area contributed by atoms with Gasteiger partial charge >= 0.3 is 0 Å². The minimum Gasteiger partial charge on any atom is -0.354 e. The SMILES string of the molecule is O=C(NO)c1cnc(NCCCCCCc2cccc(F)c2)nc1. The minimum atomic E-state index is -0.639. The van der Waals surface area contributed by atoms with E-state index in [0.717, 1.165) is 44.2 Å². The Morgan fingerprint density at radius 1 is 1.12 bits per heavy atom. The van der Waals surface area contributed by atoms with Gasteiger partial charge in [0, 0.05) is 18.9 Å². The topological polar surface area (TPSA) is 87.1 Å². The molecule has 3 N–H and O–H groups in total. The number of hydrogen-bond donors (Lipinski definition) is 3. The number of hydroxylamine groups is 1. The normalized spacial score (nSPS) is 10.4. The van der Waals surface area contributed by atoms with E-state index < -0.39 is 5.91 Å². The van der Waals surface area contributed by atoms with Gasteiger partial charge in [-0.15, -0.1) is 0 Å². The molecule has 0 bridgehead atoms. The maximum absolute atomic E-state index is 13.0. The third kappa shape index (κ3) is 5.92. The van der Waals surface area contributed by atoms with Gasteiger partial charge in [0.05, 0.1) is 5.56 Å². The van der Waals surface area contributed by atoms with E-state index in [0.29, 0.717) is 5.95 Å². The average molecular weight is 332 g/mol. The summed E-state index contributed by atoms with van der Waals surface area (Å²) in [7, 11) is 0. The van der Waals surface area contributed by atoms with Crippen LogP contribution in [0.3, 0.4) is 0 Å². The van der Waals surface area contributed by atoms with Crippen LogP contribution in [0.4, 0.5) is 10.3 Å². The molecule has 0 aliphatic rings. The molecule has 0 aliphatic heterocycles. The maximum Gasteiger partial charge on any atom is 0.277 e. The van der Waals surface area contributed by atoms with Crippen molar-refractivity contribution < 1.29 is 14.4 Å². The van der Waals surface area contributed by atoms with Crippen LogP contribution in [0.1, 0.15) is 41.6 Å². The quantitative estimate of drug-likeness (QED) is 0.373. The van der Waals surface area contributed by atoms with Gasteiger partial charge in [0.15, 0.2) is 0 Å². The molecule has 6 nitrogen and oxygen atoms in total. The van der Waals surface area contributed by atoms with Gasteiger partial charge in [-0.25, -0.2) is 19.8 Å². The van der Waals surface area contributed by atoms with E-state index in [2.05, 4.69) is 15.3 Å². The summed E-state index contributed by atoms with van der Waals surface area (Å²) in [6.45, 7) is 0.742. The summed E-state index contributed by atoms with van der Waals surface area (Å²) < 4.78 is 13.0. The first-order valence-electron chi connectivity index (χ1n) is 7.94. The Kier molecular flexibility index (Phi) is 7.10. The number of aromatic nitrogens is 2. The third-order valence-corrected chi connectivity index (χ3v) is 3.58. The summed E-state index contributed by atoms with van der Waals surface area (Å²) in [6.07, 6.45) is 7.74. The van der Waals surface area contributed by atoms with E-state index in [-0.39, 0.29) is 11.4 Å². The molecule has 0 aliphatic carbocycles. The predicted molar refractivity (Wildman–Crippen MR) is 88.3 cm³/mol. The molecular formula is C17H21FN4O2. The Labute approximate surface area is 140 Å². The van der Waals surface area contributed by atoms with Gasteiger partial charge < -0.3 is 5.32 Å². The fourth-order valence-electron chi connectivity index (χ4n) is 2.30. The van der Waals surface area contributed by atoms with Crippen LogP contribution in [0.5, 0.6) is 0 Å². The number of carbonyl (C=O) groups excluding carboxylic acids is 1. The molecule has 2 rings (SSSR count). The molecule has 0 saturated carbocycles. The van der Waals surface area contributed by atoms with Crippen molar-refractivity contribution in [3.63, 3.8) is 0 Å². The highest BCUT2D eigenvalue weighted by atomic mass is 19.1. The number of unbranched alkanes of at least 4 members (excludes halogenated alkanes) is 3.